The van der Waals surface area contributed by atoms with E-state index < -0.39 is 5.60 Å². The van der Waals surface area contributed by atoms with Gasteiger partial charge in [0.25, 0.3) is 0 Å². The molecule has 2 heterocycles. The van der Waals surface area contributed by atoms with Crippen molar-refractivity contribution in [2.24, 2.45) is 0 Å². The second-order valence-corrected chi connectivity index (χ2v) is 10.2. The van der Waals surface area contributed by atoms with Crippen LogP contribution < -0.4 is 9.64 Å². The Morgan fingerprint density at radius 2 is 1.78 bits per heavy atom. The zero-order valence-corrected chi connectivity index (χ0v) is 20.3. The monoisotopic (exact) mass is 476 g/mol. The number of likely N-dealkylation sites (tertiary alicyclic amines) is 1. The number of anilines is 1. The first-order valence-electron chi connectivity index (χ1n) is 11.1. The highest BCUT2D eigenvalue weighted by Crippen LogP contribution is 2.50. The Hall–Kier alpha value is -2.11. The van der Waals surface area contributed by atoms with Gasteiger partial charge in [-0.05, 0) is 57.9 Å². The van der Waals surface area contributed by atoms with Gasteiger partial charge in [0.2, 0.25) is 0 Å². The fraction of sp³-hybridized carbons (Fsp3) is 0.480. The molecule has 0 aromatic heterocycles. The molecule has 7 heteroatoms. The normalized spacial score (nSPS) is 20.4. The van der Waals surface area contributed by atoms with E-state index in [0.717, 1.165) is 36.4 Å². The second-order valence-electron chi connectivity index (χ2n) is 9.37. The van der Waals surface area contributed by atoms with Gasteiger partial charge in [-0.1, -0.05) is 41.4 Å². The van der Waals surface area contributed by atoms with Crippen LogP contribution in [0.25, 0.3) is 0 Å². The number of ether oxygens (including phenoxy) is 2. The first-order valence-corrected chi connectivity index (χ1v) is 11.9. The summed E-state index contributed by atoms with van der Waals surface area (Å²) in [4.78, 5) is 16.9. The fourth-order valence-electron chi connectivity index (χ4n) is 4.71. The van der Waals surface area contributed by atoms with Crippen LogP contribution in [-0.2, 0) is 4.74 Å². The maximum Gasteiger partial charge on any atom is 0.410 e. The summed E-state index contributed by atoms with van der Waals surface area (Å²) in [6.07, 6.45) is 1.39. The molecular weight excluding hydrogens is 447 g/mol. The third kappa shape index (κ3) is 4.94. The number of benzene rings is 2. The lowest BCUT2D eigenvalue weighted by atomic mass is 9.91. The SMILES string of the molecule is CC(C)(C)OC(=O)N1CC[C@@H]2c3c(ccc(Cl)c3Cl)N(CCOc3ccccc3)[C@H]2CC1. The molecule has 2 aliphatic heterocycles. The Bertz CT molecular complexity index is 962. The van der Waals surface area contributed by atoms with Crippen molar-refractivity contribution in [3.8, 4) is 5.75 Å². The molecule has 32 heavy (non-hydrogen) atoms. The second kappa shape index (κ2) is 9.40. The fourth-order valence-corrected chi connectivity index (χ4v) is 5.17. The van der Waals surface area contributed by atoms with Gasteiger partial charge in [-0.3, -0.25) is 0 Å². The molecule has 0 N–H and O–H groups in total. The Balaban J connectivity index is 1.53. The maximum absolute atomic E-state index is 12.7. The average molecular weight is 477 g/mol. The zero-order valence-electron chi connectivity index (χ0n) is 18.8. The molecule has 1 saturated heterocycles. The smallest absolute Gasteiger partial charge is 0.410 e. The van der Waals surface area contributed by atoms with Gasteiger partial charge in [0.05, 0.1) is 16.6 Å². The van der Waals surface area contributed by atoms with Crippen LogP contribution in [0.4, 0.5) is 10.5 Å². The van der Waals surface area contributed by atoms with Crippen molar-refractivity contribution in [1.29, 1.82) is 0 Å². The van der Waals surface area contributed by atoms with Gasteiger partial charge >= 0.3 is 6.09 Å². The Labute approximate surface area is 200 Å². The van der Waals surface area contributed by atoms with Gasteiger partial charge in [-0.25, -0.2) is 4.79 Å². The minimum atomic E-state index is -0.510. The number of para-hydroxylation sites is 1. The number of carbonyl (C=O) groups excluding carboxylic acids is 1. The molecular formula is C25H30Cl2N2O3. The van der Waals surface area contributed by atoms with Gasteiger partial charge in [0.1, 0.15) is 18.0 Å². The molecule has 0 spiro atoms. The van der Waals surface area contributed by atoms with Crippen LogP contribution in [0.5, 0.6) is 5.75 Å². The molecule has 2 aliphatic rings. The largest absolute Gasteiger partial charge is 0.492 e. The van der Waals surface area contributed by atoms with Crippen LogP contribution >= 0.6 is 23.2 Å². The number of hydrogen-bond acceptors (Lipinski definition) is 4. The molecule has 0 aliphatic carbocycles. The summed E-state index contributed by atoms with van der Waals surface area (Å²) in [6.45, 7) is 8.24. The van der Waals surface area contributed by atoms with Gasteiger partial charge in [-0.2, -0.15) is 0 Å². The molecule has 0 radical (unpaired) electrons. The van der Waals surface area contributed by atoms with Crippen LogP contribution in [0, 0.1) is 0 Å². The lowest BCUT2D eigenvalue weighted by molar-refractivity contribution is 0.0255. The first kappa shape index (κ1) is 23.1. The summed E-state index contributed by atoms with van der Waals surface area (Å²) >= 11 is 13.1. The van der Waals surface area contributed by atoms with Gasteiger partial charge in [0, 0.05) is 36.3 Å². The molecule has 2 atom stereocenters. The Morgan fingerprint density at radius 1 is 1.06 bits per heavy atom. The van der Waals surface area contributed by atoms with Crippen molar-refractivity contribution in [2.45, 2.75) is 51.2 Å². The number of amides is 1. The topological polar surface area (TPSA) is 42.0 Å². The first-order chi connectivity index (χ1) is 15.2. The van der Waals surface area contributed by atoms with Crippen molar-refractivity contribution < 1.29 is 14.3 Å². The van der Waals surface area contributed by atoms with E-state index in [1.807, 2.05) is 62.1 Å². The van der Waals surface area contributed by atoms with E-state index in [4.69, 9.17) is 32.7 Å². The number of rotatable bonds is 4. The van der Waals surface area contributed by atoms with Crippen molar-refractivity contribution in [2.75, 3.05) is 31.1 Å². The number of fused-ring (bicyclic) bond motifs is 3. The number of halogens is 2. The van der Waals surface area contributed by atoms with E-state index >= 15 is 0 Å². The molecule has 0 saturated carbocycles. The third-order valence-corrected chi connectivity index (χ3v) is 6.87. The number of carbonyl (C=O) groups is 1. The van der Waals surface area contributed by atoms with Gasteiger partial charge < -0.3 is 19.3 Å². The lowest BCUT2D eigenvalue weighted by Gasteiger charge is -2.30. The van der Waals surface area contributed by atoms with Crippen LogP contribution in [-0.4, -0.2) is 48.9 Å². The van der Waals surface area contributed by atoms with Gasteiger partial charge in [0.15, 0.2) is 0 Å². The Morgan fingerprint density at radius 3 is 2.50 bits per heavy atom. The van der Waals surface area contributed by atoms with Crippen LogP contribution in [0.2, 0.25) is 10.0 Å². The van der Waals surface area contributed by atoms with E-state index in [1.165, 1.54) is 0 Å². The summed E-state index contributed by atoms with van der Waals surface area (Å²) in [5, 5.41) is 1.19. The molecule has 2 aromatic rings. The van der Waals surface area contributed by atoms with Gasteiger partial charge in [-0.15, -0.1) is 0 Å². The van der Waals surface area contributed by atoms with Crippen LogP contribution in [0.15, 0.2) is 42.5 Å². The molecule has 0 bridgehead atoms. The van der Waals surface area contributed by atoms with E-state index in [-0.39, 0.29) is 18.1 Å². The standard InChI is InChI=1S/C25H30Cl2N2O3/c1-25(2,3)32-24(30)28-13-11-18-20(12-14-28)29(15-16-31-17-7-5-4-6-8-17)21-10-9-19(26)23(27)22(18)21/h4-10,18,20H,11-16H2,1-3H3/t18-,20-/m0/s1. The highest BCUT2D eigenvalue weighted by molar-refractivity contribution is 6.42. The van der Waals surface area contributed by atoms with E-state index in [2.05, 4.69) is 11.0 Å². The summed E-state index contributed by atoms with van der Waals surface area (Å²) < 4.78 is 11.6. The van der Waals surface area contributed by atoms with Crippen molar-refractivity contribution in [3.63, 3.8) is 0 Å². The molecule has 1 amide bonds. The highest BCUT2D eigenvalue weighted by Gasteiger charge is 2.42. The van der Waals surface area contributed by atoms with E-state index in [9.17, 15) is 4.79 Å². The summed E-state index contributed by atoms with van der Waals surface area (Å²) in [5.74, 6) is 1.06. The van der Waals surface area contributed by atoms with E-state index in [0.29, 0.717) is 29.7 Å². The minimum absolute atomic E-state index is 0.209. The van der Waals surface area contributed by atoms with Crippen molar-refractivity contribution in [1.82, 2.24) is 4.90 Å². The molecule has 172 valence electrons. The lowest BCUT2D eigenvalue weighted by Crippen LogP contribution is -2.39. The summed E-state index contributed by atoms with van der Waals surface area (Å²) in [6, 6.07) is 14.0. The van der Waals surface area contributed by atoms with Crippen LogP contribution in [0.1, 0.15) is 45.1 Å². The summed E-state index contributed by atoms with van der Waals surface area (Å²) in [7, 11) is 0. The molecule has 2 aromatic carbocycles. The van der Waals surface area contributed by atoms with Crippen molar-refractivity contribution >= 4 is 35.0 Å². The molecule has 5 nitrogen and oxygen atoms in total. The highest BCUT2D eigenvalue weighted by atomic mass is 35.5. The molecule has 4 rings (SSSR count). The third-order valence-electron chi connectivity index (χ3n) is 6.06. The predicted octanol–water partition coefficient (Wildman–Crippen LogP) is 6.38. The summed E-state index contributed by atoms with van der Waals surface area (Å²) in [5.41, 5.74) is 1.70. The number of hydrogen-bond donors (Lipinski definition) is 0. The zero-order chi connectivity index (χ0) is 22.9. The average Bonchev–Trinajstić information content (AvgIpc) is 2.88. The minimum Gasteiger partial charge on any atom is -0.492 e. The maximum atomic E-state index is 12.7. The quantitative estimate of drug-likeness (QED) is 0.513. The van der Waals surface area contributed by atoms with Crippen molar-refractivity contribution in [3.05, 3.63) is 58.1 Å². The van der Waals surface area contributed by atoms with E-state index in [1.54, 1.807) is 0 Å². The molecule has 1 fully saturated rings. The van der Waals surface area contributed by atoms with Crippen LogP contribution in [0.3, 0.4) is 0 Å². The number of nitrogens with zero attached hydrogens (tertiary/aromatic N) is 2. The Kier molecular flexibility index (Phi) is 6.78. The predicted molar refractivity (Wildman–Crippen MR) is 129 cm³/mol. The molecule has 0 unspecified atom stereocenters.